The molecule has 5 atom stereocenters. The van der Waals surface area contributed by atoms with Crippen LogP contribution in [0.4, 0.5) is 0 Å². The van der Waals surface area contributed by atoms with Crippen molar-refractivity contribution in [1.29, 1.82) is 0 Å². The van der Waals surface area contributed by atoms with Gasteiger partial charge in [-0.2, -0.15) is 0 Å². The average Bonchev–Trinajstić information content (AvgIpc) is 2.81. The van der Waals surface area contributed by atoms with Crippen molar-refractivity contribution in [3.63, 3.8) is 0 Å². The topological polar surface area (TPSA) is 222 Å². The molecule has 0 bridgehead atoms. The number of rotatable bonds is 6. The van der Waals surface area contributed by atoms with Gasteiger partial charge in [-0.1, -0.05) is 12.1 Å². The van der Waals surface area contributed by atoms with Gasteiger partial charge in [0, 0.05) is 18.1 Å². The van der Waals surface area contributed by atoms with Gasteiger partial charge in [-0.25, -0.2) is 0 Å². The first-order valence-corrected chi connectivity index (χ1v) is 10.4. The smallest absolute Gasteiger partial charge is 0.204 e. The van der Waals surface area contributed by atoms with E-state index < -0.39 is 48.5 Å². The van der Waals surface area contributed by atoms with E-state index in [2.05, 4.69) is 0 Å². The fourth-order valence-electron chi connectivity index (χ4n) is 3.86. The summed E-state index contributed by atoms with van der Waals surface area (Å²) in [5.41, 5.74) is -0.0284. The van der Waals surface area contributed by atoms with E-state index in [0.717, 1.165) is 0 Å². The third-order valence-corrected chi connectivity index (χ3v) is 5.78. The second-order valence-electron chi connectivity index (χ2n) is 7.94. The third-order valence-electron chi connectivity index (χ3n) is 5.78. The molecule has 0 radical (unpaired) electrons. The maximum Gasteiger partial charge on any atom is 0.204 e. The molecule has 35 heavy (non-hydrogen) atoms. The van der Waals surface area contributed by atoms with E-state index in [1.165, 1.54) is 36.6 Å². The summed E-state index contributed by atoms with van der Waals surface area (Å²) in [7, 11) is 0. The predicted octanol–water partition coefficient (Wildman–Crippen LogP) is -0.889. The number of benzene rings is 2. The number of hydrogen-bond donors (Lipinski definition) is 7. The Morgan fingerprint density at radius 3 is 2.31 bits per heavy atom. The average molecular weight is 494 g/mol. The van der Waals surface area contributed by atoms with E-state index in [0.29, 0.717) is 5.56 Å². The quantitative estimate of drug-likeness (QED) is 0.223. The van der Waals surface area contributed by atoms with Gasteiger partial charge in [0.05, 0.1) is 18.8 Å². The zero-order valence-corrected chi connectivity index (χ0v) is 18.2. The Kier molecular flexibility index (Phi) is 7.97. The predicted molar refractivity (Wildman–Crippen MR) is 120 cm³/mol. The van der Waals surface area contributed by atoms with Crippen molar-refractivity contribution < 1.29 is 55.1 Å². The molecule has 1 aromatic heterocycles. The minimum atomic E-state index is -1.61. The molecule has 190 valence electrons. The summed E-state index contributed by atoms with van der Waals surface area (Å²) in [6.07, 6.45) is -6.20. The second-order valence-corrected chi connectivity index (χ2v) is 7.94. The van der Waals surface area contributed by atoms with Crippen LogP contribution in [0.3, 0.4) is 0 Å². The number of fused-ring (bicyclic) bond motifs is 1. The van der Waals surface area contributed by atoms with Crippen LogP contribution in [0.5, 0.6) is 17.2 Å². The zero-order valence-electron chi connectivity index (χ0n) is 18.2. The number of ether oxygens (including phenoxy) is 2. The first kappa shape index (κ1) is 26.4. The lowest BCUT2D eigenvalue weighted by molar-refractivity contribution is -0.300. The number of hydrogen-bond acceptors (Lipinski definition) is 11. The van der Waals surface area contributed by atoms with E-state index in [1.54, 1.807) is 0 Å². The van der Waals surface area contributed by atoms with Crippen molar-refractivity contribution in [1.82, 2.24) is 0 Å². The highest BCUT2D eigenvalue weighted by Gasteiger charge is 2.44. The lowest BCUT2D eigenvalue weighted by atomic mass is 9.99. The molecule has 1 saturated heterocycles. The minimum Gasteiger partial charge on any atom is -0.508 e. The largest absolute Gasteiger partial charge is 0.508 e. The molecule has 1 fully saturated rings. The fourth-order valence-corrected chi connectivity index (χ4v) is 3.86. The van der Waals surface area contributed by atoms with Gasteiger partial charge in [-0.05, 0) is 17.7 Å². The number of aliphatic hydroxyl groups excluding tert-OH is 4. The molecule has 0 saturated carbocycles. The van der Waals surface area contributed by atoms with Crippen molar-refractivity contribution in [3.8, 4) is 28.4 Å². The molecule has 0 aliphatic carbocycles. The minimum absolute atomic E-state index is 0. The molecule has 2 aromatic carbocycles. The Morgan fingerprint density at radius 1 is 0.971 bits per heavy atom. The van der Waals surface area contributed by atoms with Crippen LogP contribution in [0.15, 0.2) is 45.8 Å². The lowest BCUT2D eigenvalue weighted by Crippen LogP contribution is -2.59. The SMILES string of the molecule is O.O=c1c(-c2ccc(O)cc2)coc2cc(O)c(CCO[C@@H]3O[C@H](CO)[C@@H](O)[C@H](O)[C@H]3O)c(O)c12. The Hall–Kier alpha value is -3.23. The van der Waals surface area contributed by atoms with Gasteiger partial charge in [0.2, 0.25) is 5.43 Å². The van der Waals surface area contributed by atoms with Gasteiger partial charge in [0.25, 0.3) is 0 Å². The van der Waals surface area contributed by atoms with Crippen LogP contribution in [0.2, 0.25) is 0 Å². The van der Waals surface area contributed by atoms with Crippen LogP contribution in [0.1, 0.15) is 5.56 Å². The van der Waals surface area contributed by atoms with E-state index >= 15 is 0 Å². The van der Waals surface area contributed by atoms with E-state index in [1.807, 2.05) is 0 Å². The number of aromatic hydroxyl groups is 3. The number of aliphatic hydroxyl groups is 4. The van der Waals surface area contributed by atoms with E-state index in [4.69, 9.17) is 13.9 Å². The molecule has 0 unspecified atom stereocenters. The molecule has 9 N–H and O–H groups in total. The monoisotopic (exact) mass is 494 g/mol. The van der Waals surface area contributed by atoms with Crippen LogP contribution < -0.4 is 5.43 Å². The molecular weight excluding hydrogens is 468 g/mol. The van der Waals surface area contributed by atoms with Crippen LogP contribution >= 0.6 is 0 Å². The molecule has 12 heteroatoms. The van der Waals surface area contributed by atoms with Crippen molar-refractivity contribution in [3.05, 3.63) is 52.4 Å². The van der Waals surface area contributed by atoms with Gasteiger partial charge < -0.3 is 55.1 Å². The van der Waals surface area contributed by atoms with Crippen LogP contribution in [-0.2, 0) is 15.9 Å². The second kappa shape index (κ2) is 10.6. The van der Waals surface area contributed by atoms with Gasteiger partial charge >= 0.3 is 0 Å². The molecular formula is C23H26O12. The highest BCUT2D eigenvalue weighted by molar-refractivity contribution is 5.89. The van der Waals surface area contributed by atoms with E-state index in [9.17, 15) is 40.5 Å². The van der Waals surface area contributed by atoms with E-state index in [-0.39, 0.29) is 52.1 Å². The Morgan fingerprint density at radius 2 is 1.66 bits per heavy atom. The van der Waals surface area contributed by atoms with Gasteiger partial charge in [-0.3, -0.25) is 4.79 Å². The molecule has 4 rings (SSSR count). The summed E-state index contributed by atoms with van der Waals surface area (Å²) in [5.74, 6) is -0.854. The molecule has 12 nitrogen and oxygen atoms in total. The Balaban J connectivity index is 0.00000342. The van der Waals surface area contributed by atoms with Crippen LogP contribution in [0, 0.1) is 0 Å². The summed E-state index contributed by atoms with van der Waals surface area (Å²) in [4.78, 5) is 13.1. The molecule has 1 aliphatic rings. The third kappa shape index (κ3) is 4.94. The standard InChI is InChI=1S/C23H24O11.H2O/c24-8-16-20(29)21(30)22(31)23(34-16)32-6-5-12-14(26)7-15-17(18(12)27)19(28)13(9-33-15)10-1-3-11(25)4-2-10;/h1-4,7,9,16,20-27,29-31H,5-6,8H2;1H2/t16-,20-,21+,22-,23-;/m1./s1. The maximum atomic E-state index is 13.1. The summed E-state index contributed by atoms with van der Waals surface area (Å²) in [5, 5.41) is 69.4. The first-order valence-electron chi connectivity index (χ1n) is 10.4. The summed E-state index contributed by atoms with van der Waals surface area (Å²) < 4.78 is 16.1. The summed E-state index contributed by atoms with van der Waals surface area (Å²) in [6, 6.07) is 7.01. The van der Waals surface area contributed by atoms with Gasteiger partial charge in [0.1, 0.15) is 58.9 Å². The normalized spacial score (nSPS) is 24.3. The van der Waals surface area contributed by atoms with Crippen molar-refractivity contribution in [2.45, 2.75) is 37.1 Å². The highest BCUT2D eigenvalue weighted by Crippen LogP contribution is 2.36. The molecule has 3 aromatic rings. The molecule has 0 amide bonds. The molecule has 2 heterocycles. The summed E-state index contributed by atoms with van der Waals surface area (Å²) >= 11 is 0. The molecule has 1 aliphatic heterocycles. The van der Waals surface area contributed by atoms with Gasteiger partial charge in [-0.15, -0.1) is 0 Å². The number of phenols is 3. The van der Waals surface area contributed by atoms with Crippen molar-refractivity contribution >= 4 is 11.0 Å². The highest BCUT2D eigenvalue weighted by atomic mass is 16.7. The fraction of sp³-hybridized carbons (Fsp3) is 0.348. The lowest BCUT2D eigenvalue weighted by Gasteiger charge is -2.39. The van der Waals surface area contributed by atoms with Crippen molar-refractivity contribution in [2.24, 2.45) is 0 Å². The summed E-state index contributed by atoms with van der Waals surface area (Å²) in [6.45, 7) is -0.839. The zero-order chi connectivity index (χ0) is 24.6. The number of phenolic OH excluding ortho intramolecular Hbond substituents is 3. The Bertz CT molecular complexity index is 1220. The molecule has 0 spiro atoms. The maximum absolute atomic E-state index is 13.1. The van der Waals surface area contributed by atoms with Crippen molar-refractivity contribution in [2.75, 3.05) is 13.2 Å². The van der Waals surface area contributed by atoms with Gasteiger partial charge in [0.15, 0.2) is 6.29 Å². The Labute approximate surface area is 197 Å². The van der Waals surface area contributed by atoms with Crippen LogP contribution in [0.25, 0.3) is 22.1 Å². The first-order chi connectivity index (χ1) is 16.2. The van der Waals surface area contributed by atoms with Crippen LogP contribution in [-0.4, -0.2) is 85.1 Å².